The van der Waals surface area contributed by atoms with Crippen molar-refractivity contribution < 1.29 is 14.3 Å². The molecular weight excluding hydrogens is 469 g/mol. The lowest BCUT2D eigenvalue weighted by Gasteiger charge is -2.37. The maximum absolute atomic E-state index is 14.2. The molecule has 3 atom stereocenters. The van der Waals surface area contributed by atoms with Crippen LogP contribution in [0.15, 0.2) is 41.8 Å². The summed E-state index contributed by atoms with van der Waals surface area (Å²) in [4.78, 5) is 25.0. The summed E-state index contributed by atoms with van der Waals surface area (Å²) in [5.41, 5.74) is 6.41. The Morgan fingerprint density at radius 1 is 1.29 bits per heavy atom. The van der Waals surface area contributed by atoms with Crippen molar-refractivity contribution in [3.05, 3.63) is 63.5 Å². The predicted molar refractivity (Wildman–Crippen MR) is 133 cm³/mol. The Hall–Kier alpha value is -2.97. The monoisotopic (exact) mass is 495 g/mol. The van der Waals surface area contributed by atoms with Crippen LogP contribution in [0.25, 0.3) is 0 Å². The van der Waals surface area contributed by atoms with Crippen molar-refractivity contribution in [1.82, 2.24) is 14.9 Å². The third-order valence-corrected chi connectivity index (χ3v) is 7.81. The molecule has 1 aromatic carbocycles. The van der Waals surface area contributed by atoms with Crippen molar-refractivity contribution in [2.24, 2.45) is 5.92 Å². The number of nitrogens with zero attached hydrogens (tertiary/aromatic N) is 4. The SMILES string of the molecule is CN1Cc2cc(Nc3ncc(Cl)c(N4CC(C(=O)O)C5=C4CC(F)C=C5)n3)cc3c2C(CCC3)C1. The van der Waals surface area contributed by atoms with E-state index in [0.717, 1.165) is 25.2 Å². The summed E-state index contributed by atoms with van der Waals surface area (Å²) >= 11 is 6.47. The van der Waals surface area contributed by atoms with Crippen molar-refractivity contribution in [2.45, 2.75) is 44.3 Å². The smallest absolute Gasteiger partial charge is 0.312 e. The molecule has 0 spiro atoms. The highest BCUT2D eigenvalue weighted by Gasteiger charge is 2.39. The summed E-state index contributed by atoms with van der Waals surface area (Å²) in [6, 6.07) is 4.38. The fraction of sp³-hybridized carbons (Fsp3) is 0.423. The molecular formula is C26H27ClFN5O2. The van der Waals surface area contributed by atoms with Crippen LogP contribution in [0.3, 0.4) is 0 Å². The maximum Gasteiger partial charge on any atom is 0.312 e. The molecule has 2 aromatic rings. The Balaban J connectivity index is 1.33. The minimum Gasteiger partial charge on any atom is -0.481 e. The van der Waals surface area contributed by atoms with Crippen molar-refractivity contribution >= 4 is 35.0 Å². The number of hydrogen-bond acceptors (Lipinski definition) is 6. The zero-order valence-corrected chi connectivity index (χ0v) is 20.2. The van der Waals surface area contributed by atoms with Crippen LogP contribution in [0.5, 0.6) is 0 Å². The molecule has 2 N–H and O–H groups in total. The van der Waals surface area contributed by atoms with E-state index in [0.29, 0.717) is 34.0 Å². The van der Waals surface area contributed by atoms with Gasteiger partial charge in [-0.2, -0.15) is 4.98 Å². The fourth-order valence-electron chi connectivity index (χ4n) is 6.12. The van der Waals surface area contributed by atoms with Crippen LogP contribution < -0.4 is 10.2 Å². The molecule has 6 rings (SSSR count). The van der Waals surface area contributed by atoms with Gasteiger partial charge in [0.15, 0.2) is 5.82 Å². The number of hydrogen-bond donors (Lipinski definition) is 2. The lowest BCUT2D eigenvalue weighted by atomic mass is 9.77. The van der Waals surface area contributed by atoms with Crippen LogP contribution >= 0.6 is 11.6 Å². The van der Waals surface area contributed by atoms with Crippen molar-refractivity contribution in [1.29, 1.82) is 0 Å². The molecule has 3 heterocycles. The molecule has 3 unspecified atom stereocenters. The zero-order chi connectivity index (χ0) is 24.3. The van der Waals surface area contributed by atoms with Crippen molar-refractivity contribution in [2.75, 3.05) is 30.4 Å². The van der Waals surface area contributed by atoms with Crippen LogP contribution in [0.1, 0.15) is 41.9 Å². The molecule has 7 nitrogen and oxygen atoms in total. The first-order valence-electron chi connectivity index (χ1n) is 12.1. The normalized spacial score (nSPS) is 25.5. The third kappa shape index (κ3) is 3.98. The van der Waals surface area contributed by atoms with Gasteiger partial charge in [0.1, 0.15) is 17.1 Å². The number of halogens is 2. The van der Waals surface area contributed by atoms with Crippen LogP contribution in [0.2, 0.25) is 5.02 Å². The van der Waals surface area contributed by atoms with E-state index >= 15 is 0 Å². The Morgan fingerprint density at radius 3 is 2.94 bits per heavy atom. The number of rotatable bonds is 4. The number of anilines is 3. The number of likely N-dealkylation sites (N-methyl/N-ethyl adjacent to an activating group) is 1. The largest absolute Gasteiger partial charge is 0.481 e. The van der Waals surface area contributed by atoms with E-state index in [4.69, 9.17) is 11.6 Å². The number of nitrogens with one attached hydrogen (secondary N) is 1. The highest BCUT2D eigenvalue weighted by molar-refractivity contribution is 6.33. The maximum atomic E-state index is 14.2. The first kappa shape index (κ1) is 22.5. The molecule has 0 fully saturated rings. The van der Waals surface area contributed by atoms with E-state index < -0.39 is 18.1 Å². The molecule has 0 saturated carbocycles. The van der Waals surface area contributed by atoms with E-state index in [1.165, 1.54) is 41.8 Å². The Morgan fingerprint density at radius 2 is 2.11 bits per heavy atom. The number of allylic oxidation sites excluding steroid dienone is 3. The van der Waals surface area contributed by atoms with Crippen LogP contribution in [0, 0.1) is 5.92 Å². The first-order chi connectivity index (χ1) is 16.9. The number of aliphatic carboxylic acids is 1. The average Bonchev–Trinajstić information content (AvgIpc) is 3.19. The summed E-state index contributed by atoms with van der Waals surface area (Å²) in [6.07, 6.45) is 6.94. The summed E-state index contributed by atoms with van der Waals surface area (Å²) < 4.78 is 14.2. The van der Waals surface area contributed by atoms with Gasteiger partial charge in [0.05, 0.1) is 6.20 Å². The molecule has 2 aliphatic heterocycles. The molecule has 182 valence electrons. The average molecular weight is 496 g/mol. The summed E-state index contributed by atoms with van der Waals surface area (Å²) in [7, 11) is 2.16. The second-order valence-corrected chi connectivity index (χ2v) is 10.4. The number of alkyl halides is 1. The molecule has 9 heteroatoms. The second kappa shape index (κ2) is 8.60. The van der Waals surface area contributed by atoms with E-state index in [2.05, 4.69) is 39.4 Å². The summed E-state index contributed by atoms with van der Waals surface area (Å²) in [5, 5.41) is 13.4. The van der Waals surface area contributed by atoms with Crippen molar-refractivity contribution in [3.63, 3.8) is 0 Å². The zero-order valence-electron chi connectivity index (χ0n) is 19.5. The van der Waals surface area contributed by atoms with Gasteiger partial charge in [-0.3, -0.25) is 4.79 Å². The standard InChI is InChI=1S/C26H27ClFN5O2/c1-32-11-15-4-2-3-14-7-18(8-16(12-32)23(14)15)30-26-29-10-21(27)24(31-26)33-13-20(25(34)35)19-6-5-17(28)9-22(19)33/h5-8,10,15,17,20H,2-4,9,11-13H2,1H3,(H,34,35)(H,29,30,31). The highest BCUT2D eigenvalue weighted by Crippen LogP contribution is 2.42. The van der Waals surface area contributed by atoms with Gasteiger partial charge in [-0.15, -0.1) is 0 Å². The van der Waals surface area contributed by atoms with E-state index in [9.17, 15) is 14.3 Å². The Kier molecular flexibility index (Phi) is 5.53. The molecule has 2 aliphatic carbocycles. The number of benzene rings is 1. The van der Waals surface area contributed by atoms with Gasteiger partial charge in [-0.25, -0.2) is 9.37 Å². The second-order valence-electron chi connectivity index (χ2n) is 9.97. The molecule has 4 aliphatic rings. The number of carboxylic acids is 1. The van der Waals surface area contributed by atoms with Gasteiger partial charge in [0.2, 0.25) is 5.95 Å². The summed E-state index contributed by atoms with van der Waals surface area (Å²) in [6.45, 7) is 2.18. The number of carbonyl (C=O) groups is 1. The van der Waals surface area contributed by atoms with Gasteiger partial charge < -0.3 is 20.2 Å². The molecule has 0 saturated heterocycles. The molecule has 35 heavy (non-hydrogen) atoms. The molecule has 0 amide bonds. The number of aryl methyl sites for hydroxylation is 1. The van der Waals surface area contributed by atoms with Gasteiger partial charge in [-0.05, 0) is 72.7 Å². The third-order valence-electron chi connectivity index (χ3n) is 7.54. The molecule has 1 aromatic heterocycles. The Labute approximate surface area is 208 Å². The number of carboxylic acid groups (broad SMARTS) is 1. The topological polar surface area (TPSA) is 81.6 Å². The minimum absolute atomic E-state index is 0.0988. The minimum atomic E-state index is -1.17. The van der Waals surface area contributed by atoms with Crippen LogP contribution in [-0.2, 0) is 17.8 Å². The highest BCUT2D eigenvalue weighted by atomic mass is 35.5. The molecule has 0 radical (unpaired) electrons. The van der Waals surface area contributed by atoms with E-state index in [1.807, 2.05) is 0 Å². The molecule has 0 bridgehead atoms. The van der Waals surface area contributed by atoms with Gasteiger partial charge in [0.25, 0.3) is 0 Å². The summed E-state index contributed by atoms with van der Waals surface area (Å²) in [5.74, 6) is -0.338. The first-order valence-corrected chi connectivity index (χ1v) is 12.4. The fourth-order valence-corrected chi connectivity index (χ4v) is 6.31. The predicted octanol–water partition coefficient (Wildman–Crippen LogP) is 4.81. The van der Waals surface area contributed by atoms with E-state index in [-0.39, 0.29) is 13.0 Å². The van der Waals surface area contributed by atoms with Gasteiger partial charge in [-0.1, -0.05) is 17.7 Å². The van der Waals surface area contributed by atoms with Gasteiger partial charge in [0, 0.05) is 37.4 Å². The Bertz CT molecular complexity index is 1280. The van der Waals surface area contributed by atoms with Crippen LogP contribution in [-0.4, -0.2) is 52.3 Å². The van der Waals surface area contributed by atoms with Crippen molar-refractivity contribution in [3.8, 4) is 0 Å². The van der Waals surface area contributed by atoms with Gasteiger partial charge >= 0.3 is 5.97 Å². The van der Waals surface area contributed by atoms with Crippen LogP contribution in [0.4, 0.5) is 21.8 Å². The lowest BCUT2D eigenvalue weighted by molar-refractivity contribution is -0.139. The lowest BCUT2D eigenvalue weighted by Crippen LogP contribution is -2.33. The quantitative estimate of drug-likeness (QED) is 0.629. The van der Waals surface area contributed by atoms with E-state index in [1.54, 1.807) is 11.0 Å². The number of aromatic nitrogens is 2.